The second-order valence-corrected chi connectivity index (χ2v) is 10.9. The van der Waals surface area contributed by atoms with Gasteiger partial charge in [0.1, 0.15) is 5.54 Å². The van der Waals surface area contributed by atoms with Crippen LogP contribution >= 0.6 is 0 Å². The number of nitrogens with zero attached hydrogens (tertiary/aromatic N) is 1. The lowest BCUT2D eigenvalue weighted by Crippen LogP contribution is -2.52. The number of benzene rings is 3. The molecule has 6 heteroatoms. The first kappa shape index (κ1) is 27.6. The molecule has 3 aromatic carbocycles. The maximum absolute atomic E-state index is 13.6. The highest BCUT2D eigenvalue weighted by atomic mass is 16.4. The SMILES string of the molecule is CC(C)CC(C)(N[C@H](c1ccccc1)c1ccccc1NC(=O)C1CCCN1Cc1ccccc1)C(=O)O. The number of hydrogen-bond acceptors (Lipinski definition) is 4. The van der Waals surface area contributed by atoms with E-state index in [-0.39, 0.29) is 17.9 Å². The monoisotopic (exact) mass is 513 g/mol. The molecule has 4 rings (SSSR count). The predicted octanol–water partition coefficient (Wildman–Crippen LogP) is 5.86. The number of anilines is 1. The highest BCUT2D eigenvalue weighted by molar-refractivity contribution is 5.95. The van der Waals surface area contributed by atoms with Gasteiger partial charge in [0.15, 0.2) is 0 Å². The number of amides is 1. The summed E-state index contributed by atoms with van der Waals surface area (Å²) in [6.07, 6.45) is 2.26. The third-order valence-corrected chi connectivity index (χ3v) is 7.31. The Morgan fingerprint density at radius 3 is 2.26 bits per heavy atom. The van der Waals surface area contributed by atoms with Crippen LogP contribution in [0.4, 0.5) is 5.69 Å². The Labute approximate surface area is 226 Å². The van der Waals surface area contributed by atoms with Gasteiger partial charge in [-0.3, -0.25) is 19.8 Å². The van der Waals surface area contributed by atoms with E-state index in [0.29, 0.717) is 12.1 Å². The van der Waals surface area contributed by atoms with Gasteiger partial charge in [0, 0.05) is 12.2 Å². The first-order valence-corrected chi connectivity index (χ1v) is 13.5. The minimum atomic E-state index is -1.15. The second kappa shape index (κ2) is 12.4. The van der Waals surface area contributed by atoms with Gasteiger partial charge in [-0.1, -0.05) is 92.7 Å². The Hall–Kier alpha value is -3.48. The number of carbonyl (C=O) groups is 2. The van der Waals surface area contributed by atoms with E-state index >= 15 is 0 Å². The van der Waals surface area contributed by atoms with Crippen LogP contribution in [0, 0.1) is 5.92 Å². The molecule has 200 valence electrons. The molecule has 1 fully saturated rings. The number of para-hydroxylation sites is 1. The lowest BCUT2D eigenvalue weighted by Gasteiger charge is -2.34. The number of aliphatic carboxylic acids is 1. The van der Waals surface area contributed by atoms with Crippen LogP contribution in [-0.4, -0.2) is 40.0 Å². The van der Waals surface area contributed by atoms with Crippen LogP contribution in [-0.2, 0) is 16.1 Å². The van der Waals surface area contributed by atoms with Crippen LogP contribution < -0.4 is 10.6 Å². The van der Waals surface area contributed by atoms with Gasteiger partial charge in [-0.05, 0) is 61.4 Å². The molecule has 0 aliphatic carbocycles. The van der Waals surface area contributed by atoms with E-state index in [9.17, 15) is 14.7 Å². The van der Waals surface area contributed by atoms with Crippen molar-refractivity contribution in [3.8, 4) is 0 Å². The van der Waals surface area contributed by atoms with Gasteiger partial charge >= 0.3 is 5.97 Å². The average molecular weight is 514 g/mol. The van der Waals surface area contributed by atoms with Crippen LogP contribution in [0.2, 0.25) is 0 Å². The first-order valence-electron chi connectivity index (χ1n) is 13.5. The third kappa shape index (κ3) is 6.69. The molecule has 1 aliphatic rings. The summed E-state index contributed by atoms with van der Waals surface area (Å²) in [5, 5.41) is 16.9. The Kier molecular flexibility index (Phi) is 8.97. The summed E-state index contributed by atoms with van der Waals surface area (Å²) < 4.78 is 0. The minimum Gasteiger partial charge on any atom is -0.480 e. The molecule has 3 aromatic rings. The van der Waals surface area contributed by atoms with E-state index < -0.39 is 17.6 Å². The number of likely N-dealkylation sites (tertiary alicyclic amines) is 1. The quantitative estimate of drug-likeness (QED) is 0.299. The van der Waals surface area contributed by atoms with Crippen molar-refractivity contribution < 1.29 is 14.7 Å². The highest BCUT2D eigenvalue weighted by Crippen LogP contribution is 2.33. The average Bonchev–Trinajstić information content (AvgIpc) is 3.37. The van der Waals surface area contributed by atoms with Crippen molar-refractivity contribution in [2.24, 2.45) is 5.92 Å². The molecular formula is C32H39N3O3. The van der Waals surface area contributed by atoms with Crippen molar-refractivity contribution >= 4 is 17.6 Å². The number of rotatable bonds is 11. The van der Waals surface area contributed by atoms with Crippen molar-refractivity contribution in [1.29, 1.82) is 0 Å². The largest absolute Gasteiger partial charge is 0.480 e. The van der Waals surface area contributed by atoms with Gasteiger partial charge in [-0.2, -0.15) is 0 Å². The molecule has 0 saturated carbocycles. The van der Waals surface area contributed by atoms with Gasteiger partial charge in [0.25, 0.3) is 0 Å². The zero-order valence-corrected chi connectivity index (χ0v) is 22.6. The molecule has 3 N–H and O–H groups in total. The molecular weight excluding hydrogens is 474 g/mol. The lowest BCUT2D eigenvalue weighted by molar-refractivity contribution is -0.145. The Morgan fingerprint density at radius 1 is 0.974 bits per heavy atom. The molecule has 1 heterocycles. The molecule has 0 bridgehead atoms. The summed E-state index contributed by atoms with van der Waals surface area (Å²) in [7, 11) is 0. The summed E-state index contributed by atoms with van der Waals surface area (Å²) in [6, 6.07) is 27.1. The van der Waals surface area contributed by atoms with Crippen LogP contribution in [0.5, 0.6) is 0 Å². The molecule has 6 nitrogen and oxygen atoms in total. The van der Waals surface area contributed by atoms with E-state index in [1.807, 2.05) is 86.6 Å². The molecule has 1 saturated heterocycles. The molecule has 1 aliphatic heterocycles. The predicted molar refractivity (Wildman–Crippen MR) is 152 cm³/mol. The number of carboxylic acids is 1. The van der Waals surface area contributed by atoms with Gasteiger partial charge in [-0.15, -0.1) is 0 Å². The number of nitrogens with one attached hydrogen (secondary N) is 2. The first-order chi connectivity index (χ1) is 18.3. The lowest BCUT2D eigenvalue weighted by atomic mass is 9.87. The number of carbonyl (C=O) groups excluding carboxylic acids is 1. The fourth-order valence-corrected chi connectivity index (χ4v) is 5.54. The van der Waals surface area contributed by atoms with E-state index in [1.54, 1.807) is 6.92 Å². The molecule has 2 unspecified atom stereocenters. The second-order valence-electron chi connectivity index (χ2n) is 10.9. The van der Waals surface area contributed by atoms with Crippen LogP contribution in [0.3, 0.4) is 0 Å². The minimum absolute atomic E-state index is 0.0270. The van der Waals surface area contributed by atoms with Crippen LogP contribution in [0.25, 0.3) is 0 Å². The summed E-state index contributed by atoms with van der Waals surface area (Å²) in [6.45, 7) is 7.41. The van der Waals surface area contributed by atoms with E-state index in [4.69, 9.17) is 0 Å². The Morgan fingerprint density at radius 2 is 1.61 bits per heavy atom. The zero-order valence-electron chi connectivity index (χ0n) is 22.6. The molecule has 3 atom stereocenters. The van der Waals surface area contributed by atoms with E-state index in [2.05, 4.69) is 27.7 Å². The normalized spacial score (nSPS) is 18.2. The smallest absolute Gasteiger partial charge is 0.323 e. The van der Waals surface area contributed by atoms with Gasteiger partial charge in [0.05, 0.1) is 12.1 Å². The fraction of sp³-hybridized carbons (Fsp3) is 0.375. The Bertz CT molecular complexity index is 1210. The molecule has 38 heavy (non-hydrogen) atoms. The van der Waals surface area contributed by atoms with Crippen molar-refractivity contribution in [1.82, 2.24) is 10.2 Å². The summed E-state index contributed by atoms with van der Waals surface area (Å²) in [5.74, 6) is -0.732. The van der Waals surface area contributed by atoms with Crippen molar-refractivity contribution in [2.75, 3.05) is 11.9 Å². The van der Waals surface area contributed by atoms with Crippen molar-refractivity contribution in [2.45, 2.75) is 64.2 Å². The van der Waals surface area contributed by atoms with E-state index in [1.165, 1.54) is 5.56 Å². The Balaban J connectivity index is 1.62. The molecule has 0 radical (unpaired) electrons. The maximum atomic E-state index is 13.6. The summed E-state index contributed by atoms with van der Waals surface area (Å²) in [5.41, 5.74) is 2.53. The highest BCUT2D eigenvalue weighted by Gasteiger charge is 2.37. The topological polar surface area (TPSA) is 81.7 Å². The number of hydrogen-bond donors (Lipinski definition) is 3. The summed E-state index contributed by atoms with van der Waals surface area (Å²) >= 11 is 0. The van der Waals surface area contributed by atoms with Crippen LogP contribution in [0.1, 0.15) is 62.8 Å². The maximum Gasteiger partial charge on any atom is 0.323 e. The molecule has 1 amide bonds. The summed E-state index contributed by atoms with van der Waals surface area (Å²) in [4.78, 5) is 28.3. The standard InChI is InChI=1S/C32H39N3O3/c1-23(2)21-32(3,31(37)38)34-29(25-15-8-5-9-16-25)26-17-10-11-18-27(26)33-30(36)28-19-12-20-35(28)22-24-13-6-4-7-14-24/h4-11,13-18,23,28-29,34H,12,19-22H2,1-3H3,(H,33,36)(H,37,38)/t28?,29-,32?/m1/s1. The van der Waals surface area contributed by atoms with Crippen molar-refractivity contribution in [3.05, 3.63) is 102 Å². The van der Waals surface area contributed by atoms with Gasteiger partial charge in [0.2, 0.25) is 5.91 Å². The zero-order chi connectivity index (χ0) is 27.1. The van der Waals surface area contributed by atoms with Gasteiger partial charge < -0.3 is 10.4 Å². The fourth-order valence-electron chi connectivity index (χ4n) is 5.54. The van der Waals surface area contributed by atoms with E-state index in [0.717, 1.165) is 37.1 Å². The number of carboxylic acid groups (broad SMARTS) is 1. The third-order valence-electron chi connectivity index (χ3n) is 7.31. The molecule has 0 aromatic heterocycles. The van der Waals surface area contributed by atoms with Crippen LogP contribution in [0.15, 0.2) is 84.9 Å². The van der Waals surface area contributed by atoms with Crippen molar-refractivity contribution in [3.63, 3.8) is 0 Å². The molecule has 0 spiro atoms. The van der Waals surface area contributed by atoms with Gasteiger partial charge in [-0.25, -0.2) is 0 Å².